The van der Waals surface area contributed by atoms with E-state index in [1.165, 1.54) is 17.2 Å². The molecule has 0 saturated carbocycles. The molecule has 12 nitrogen and oxygen atoms in total. The normalized spacial score (nSPS) is 14.2. The van der Waals surface area contributed by atoms with Gasteiger partial charge in [0.2, 0.25) is 0 Å². The number of nitrogens with two attached hydrogens (primary N) is 1. The SMILES string of the molecule is COCCOc1nc(N)c2[nH]c(=O)n(Cc3ccc(CN4CCC(Oc5cccc(CC(=O)OC)c5)CC4)cc3)c2n1. The number of rotatable bonds is 12. The Labute approximate surface area is 243 Å². The third kappa shape index (κ3) is 7.25. The van der Waals surface area contributed by atoms with Crippen molar-refractivity contribution in [2.45, 2.75) is 38.5 Å². The molecule has 12 heteroatoms. The minimum absolute atomic E-state index is 0.0985. The third-order valence-corrected chi connectivity index (χ3v) is 7.23. The first-order valence-electron chi connectivity index (χ1n) is 13.9. The quantitative estimate of drug-likeness (QED) is 0.190. The van der Waals surface area contributed by atoms with Crippen LogP contribution in [-0.2, 0) is 33.8 Å². The number of H-pyrrole nitrogens is 1. The summed E-state index contributed by atoms with van der Waals surface area (Å²) in [6, 6.07) is 16.0. The van der Waals surface area contributed by atoms with Crippen LogP contribution in [0.1, 0.15) is 29.5 Å². The number of hydrogen-bond acceptors (Lipinski definition) is 10. The Morgan fingerprint density at radius 3 is 2.45 bits per heavy atom. The van der Waals surface area contributed by atoms with Gasteiger partial charge in [0.15, 0.2) is 11.5 Å². The van der Waals surface area contributed by atoms with Gasteiger partial charge in [-0.3, -0.25) is 14.3 Å². The summed E-state index contributed by atoms with van der Waals surface area (Å²) in [4.78, 5) is 38.0. The van der Waals surface area contributed by atoms with Crippen LogP contribution in [0.25, 0.3) is 11.2 Å². The van der Waals surface area contributed by atoms with E-state index in [0.717, 1.165) is 49.4 Å². The molecule has 2 aromatic carbocycles. The molecule has 1 fully saturated rings. The van der Waals surface area contributed by atoms with Crippen LogP contribution < -0.4 is 20.9 Å². The molecular formula is C30H36N6O6. The number of esters is 1. The van der Waals surface area contributed by atoms with E-state index in [4.69, 9.17) is 24.7 Å². The van der Waals surface area contributed by atoms with Gasteiger partial charge < -0.3 is 29.7 Å². The number of piperidine rings is 1. The highest BCUT2D eigenvalue weighted by molar-refractivity contribution is 5.82. The second-order valence-electron chi connectivity index (χ2n) is 10.3. The Bertz CT molecular complexity index is 1560. The second kappa shape index (κ2) is 13.5. The zero-order chi connectivity index (χ0) is 29.5. The van der Waals surface area contributed by atoms with Gasteiger partial charge in [0.05, 0.1) is 26.7 Å². The summed E-state index contributed by atoms with van der Waals surface area (Å²) < 4.78 is 23.0. The molecule has 0 radical (unpaired) electrons. The van der Waals surface area contributed by atoms with Crippen LogP contribution in [0, 0.1) is 0 Å². The number of imidazole rings is 1. The largest absolute Gasteiger partial charge is 0.490 e. The number of carbonyl (C=O) groups excluding carboxylic acids is 1. The number of fused-ring (bicyclic) bond motifs is 1. The van der Waals surface area contributed by atoms with Crippen LogP contribution in [0.2, 0.25) is 0 Å². The van der Waals surface area contributed by atoms with E-state index < -0.39 is 0 Å². The summed E-state index contributed by atoms with van der Waals surface area (Å²) in [5.74, 6) is 0.668. The van der Waals surface area contributed by atoms with Gasteiger partial charge in [-0.2, -0.15) is 9.97 Å². The average molecular weight is 577 g/mol. The van der Waals surface area contributed by atoms with E-state index in [-0.39, 0.29) is 42.6 Å². The van der Waals surface area contributed by atoms with E-state index in [9.17, 15) is 9.59 Å². The molecule has 0 spiro atoms. The highest BCUT2D eigenvalue weighted by Gasteiger charge is 2.21. The minimum Gasteiger partial charge on any atom is -0.490 e. The Hall–Kier alpha value is -4.42. The van der Waals surface area contributed by atoms with Crippen molar-refractivity contribution in [2.24, 2.45) is 0 Å². The fourth-order valence-corrected chi connectivity index (χ4v) is 4.99. The maximum Gasteiger partial charge on any atom is 0.328 e. The molecule has 0 amide bonds. The van der Waals surface area contributed by atoms with Gasteiger partial charge >= 0.3 is 17.7 Å². The van der Waals surface area contributed by atoms with Crippen LogP contribution >= 0.6 is 0 Å². The molecule has 1 aliphatic rings. The predicted molar refractivity (Wildman–Crippen MR) is 157 cm³/mol. The highest BCUT2D eigenvalue weighted by Crippen LogP contribution is 2.22. The first-order valence-corrected chi connectivity index (χ1v) is 13.9. The van der Waals surface area contributed by atoms with Gasteiger partial charge in [-0.25, -0.2) is 4.79 Å². The van der Waals surface area contributed by atoms with Gasteiger partial charge in [-0.15, -0.1) is 0 Å². The molecule has 1 aliphatic heterocycles. The molecule has 222 valence electrons. The van der Waals surface area contributed by atoms with E-state index in [1.54, 1.807) is 7.11 Å². The zero-order valence-electron chi connectivity index (χ0n) is 23.9. The van der Waals surface area contributed by atoms with Crippen LogP contribution in [0.3, 0.4) is 0 Å². The number of methoxy groups -OCH3 is 2. The number of nitrogen functional groups attached to an aromatic ring is 1. The van der Waals surface area contributed by atoms with Gasteiger partial charge in [0, 0.05) is 26.7 Å². The van der Waals surface area contributed by atoms with Crippen molar-refractivity contribution in [2.75, 3.05) is 46.3 Å². The lowest BCUT2D eigenvalue weighted by Crippen LogP contribution is -2.37. The van der Waals surface area contributed by atoms with Crippen molar-refractivity contribution in [3.63, 3.8) is 0 Å². The Balaban J connectivity index is 1.15. The molecule has 42 heavy (non-hydrogen) atoms. The first kappa shape index (κ1) is 29.1. The number of hydrogen-bond donors (Lipinski definition) is 2. The van der Waals surface area contributed by atoms with E-state index in [0.29, 0.717) is 24.3 Å². The van der Waals surface area contributed by atoms with Crippen molar-refractivity contribution in [1.82, 2.24) is 24.4 Å². The van der Waals surface area contributed by atoms with Gasteiger partial charge in [-0.1, -0.05) is 36.4 Å². The molecule has 0 aliphatic carbocycles. The van der Waals surface area contributed by atoms with Crippen LogP contribution in [0.15, 0.2) is 53.3 Å². The van der Waals surface area contributed by atoms with Crippen LogP contribution in [0.4, 0.5) is 5.82 Å². The van der Waals surface area contributed by atoms with Crippen LogP contribution in [-0.4, -0.2) is 77.0 Å². The predicted octanol–water partition coefficient (Wildman–Crippen LogP) is 2.53. The molecule has 5 rings (SSSR count). The lowest BCUT2D eigenvalue weighted by atomic mass is 10.1. The number of nitrogens with zero attached hydrogens (tertiary/aromatic N) is 4. The number of aromatic nitrogens is 4. The molecule has 4 aromatic rings. The number of nitrogens with one attached hydrogen (secondary N) is 1. The smallest absolute Gasteiger partial charge is 0.328 e. The fourth-order valence-electron chi connectivity index (χ4n) is 4.99. The van der Waals surface area contributed by atoms with Crippen molar-refractivity contribution in [1.29, 1.82) is 0 Å². The van der Waals surface area contributed by atoms with E-state index >= 15 is 0 Å². The van der Waals surface area contributed by atoms with Crippen molar-refractivity contribution >= 4 is 23.0 Å². The Morgan fingerprint density at radius 1 is 1.00 bits per heavy atom. The monoisotopic (exact) mass is 576 g/mol. The molecule has 0 atom stereocenters. The number of ether oxygens (including phenoxy) is 4. The third-order valence-electron chi connectivity index (χ3n) is 7.23. The fraction of sp³-hybridized carbons (Fsp3) is 0.400. The molecule has 2 aromatic heterocycles. The number of aromatic amines is 1. The maximum absolute atomic E-state index is 12.7. The number of anilines is 1. The number of carbonyl (C=O) groups is 1. The summed E-state index contributed by atoms with van der Waals surface area (Å²) in [6.07, 6.45) is 2.21. The second-order valence-corrected chi connectivity index (χ2v) is 10.3. The number of benzene rings is 2. The number of likely N-dealkylation sites (tertiary alicyclic amines) is 1. The molecule has 3 heterocycles. The van der Waals surface area contributed by atoms with Crippen molar-refractivity contribution in [3.05, 3.63) is 75.7 Å². The lowest BCUT2D eigenvalue weighted by molar-refractivity contribution is -0.139. The summed E-state index contributed by atoms with van der Waals surface area (Å²) in [5, 5.41) is 0. The molecular weight excluding hydrogens is 540 g/mol. The maximum atomic E-state index is 12.7. The average Bonchev–Trinajstić information content (AvgIpc) is 3.30. The van der Waals surface area contributed by atoms with Crippen molar-refractivity contribution < 1.29 is 23.7 Å². The van der Waals surface area contributed by atoms with Gasteiger partial charge in [0.1, 0.15) is 24.0 Å². The molecule has 1 saturated heterocycles. The standard InChI is InChI=1S/C30H36N6O6/c1-39-14-15-41-29-33-27(31)26-28(34-29)36(30(38)32-26)19-21-8-6-20(7-9-21)18-35-12-10-23(11-13-35)42-24-5-3-4-22(16-24)17-25(37)40-2/h3-9,16,23H,10-15,17-19H2,1-2H3,(H,32,38)(H2,31,33,34). The minimum atomic E-state index is -0.315. The summed E-state index contributed by atoms with van der Waals surface area (Å²) in [7, 11) is 2.97. The highest BCUT2D eigenvalue weighted by atomic mass is 16.5. The lowest BCUT2D eigenvalue weighted by Gasteiger charge is -2.32. The molecule has 3 N–H and O–H groups in total. The summed E-state index contributed by atoms with van der Waals surface area (Å²) in [6.45, 7) is 3.67. The summed E-state index contributed by atoms with van der Waals surface area (Å²) in [5.41, 5.74) is 9.54. The topological polar surface area (TPSA) is 147 Å². The van der Waals surface area contributed by atoms with Gasteiger partial charge in [-0.05, 0) is 41.7 Å². The van der Waals surface area contributed by atoms with E-state index in [2.05, 4.69) is 32.0 Å². The van der Waals surface area contributed by atoms with Gasteiger partial charge in [0.25, 0.3) is 0 Å². The van der Waals surface area contributed by atoms with E-state index in [1.807, 2.05) is 36.4 Å². The zero-order valence-corrected chi connectivity index (χ0v) is 23.9. The Kier molecular flexibility index (Phi) is 9.35. The van der Waals surface area contributed by atoms with Crippen LogP contribution in [0.5, 0.6) is 11.8 Å². The molecule has 0 unspecified atom stereocenters. The molecule has 0 bridgehead atoms. The summed E-state index contributed by atoms with van der Waals surface area (Å²) >= 11 is 0. The van der Waals surface area contributed by atoms with Crippen molar-refractivity contribution in [3.8, 4) is 11.8 Å². The first-order chi connectivity index (χ1) is 20.4. The Morgan fingerprint density at radius 2 is 1.74 bits per heavy atom.